The van der Waals surface area contributed by atoms with Crippen LogP contribution in [-0.4, -0.2) is 22.8 Å². The number of allylic oxidation sites excluding steroid dienone is 1. The number of aliphatic hydroxyl groups excluding tert-OH is 1. The van der Waals surface area contributed by atoms with Crippen molar-refractivity contribution in [3.8, 4) is 28.1 Å². The summed E-state index contributed by atoms with van der Waals surface area (Å²) in [4.78, 5) is 4.52. The topological polar surface area (TPSA) is 42.4 Å². The van der Waals surface area contributed by atoms with Gasteiger partial charge in [-0.2, -0.15) is 0 Å². The van der Waals surface area contributed by atoms with Crippen molar-refractivity contribution in [1.29, 1.82) is 0 Å². The number of rotatable bonds is 10. The summed E-state index contributed by atoms with van der Waals surface area (Å²) in [5.41, 5.74) is 4.03. The molecule has 31 heavy (non-hydrogen) atoms. The summed E-state index contributed by atoms with van der Waals surface area (Å²) >= 11 is 0. The fourth-order valence-corrected chi connectivity index (χ4v) is 3.20. The molecular formula is C27H28FNO2. The van der Waals surface area contributed by atoms with Crippen molar-refractivity contribution in [2.45, 2.75) is 32.3 Å². The Morgan fingerprint density at radius 3 is 2.45 bits per heavy atom. The third-order valence-electron chi connectivity index (χ3n) is 4.91. The van der Waals surface area contributed by atoms with E-state index < -0.39 is 0 Å². The second-order valence-electron chi connectivity index (χ2n) is 7.47. The van der Waals surface area contributed by atoms with Crippen LogP contribution in [0.4, 0.5) is 4.39 Å². The van der Waals surface area contributed by atoms with E-state index in [2.05, 4.69) is 11.6 Å². The zero-order chi connectivity index (χ0) is 22.1. The van der Waals surface area contributed by atoms with Gasteiger partial charge >= 0.3 is 0 Å². The summed E-state index contributed by atoms with van der Waals surface area (Å²) in [5.74, 6) is 0.520. The van der Waals surface area contributed by atoms with Crippen LogP contribution in [-0.2, 0) is 0 Å². The molecule has 0 saturated carbocycles. The second kappa shape index (κ2) is 11.2. The summed E-state index contributed by atoms with van der Waals surface area (Å²) in [6.45, 7) is 5.89. The first-order valence-electron chi connectivity index (χ1n) is 10.5. The Balaban J connectivity index is 1.66. The molecule has 1 N–H and O–H groups in total. The molecule has 4 heteroatoms. The van der Waals surface area contributed by atoms with E-state index in [0.717, 1.165) is 47.4 Å². The van der Waals surface area contributed by atoms with Crippen LogP contribution in [0.1, 0.15) is 31.7 Å². The number of halogens is 1. The lowest BCUT2D eigenvalue weighted by Gasteiger charge is -2.07. The predicted octanol–water partition coefficient (Wildman–Crippen LogP) is 6.68. The van der Waals surface area contributed by atoms with Gasteiger partial charge in [0.25, 0.3) is 0 Å². The average molecular weight is 418 g/mol. The van der Waals surface area contributed by atoms with Crippen molar-refractivity contribution < 1.29 is 14.2 Å². The molecule has 1 aromatic heterocycles. The minimum Gasteiger partial charge on any atom is -0.490 e. The van der Waals surface area contributed by atoms with Crippen LogP contribution >= 0.6 is 0 Å². The Kier molecular flexibility index (Phi) is 8.13. The Labute approximate surface area is 183 Å². The highest BCUT2D eigenvalue weighted by Crippen LogP contribution is 2.26. The van der Waals surface area contributed by atoms with Crippen molar-refractivity contribution in [2.75, 3.05) is 6.61 Å². The van der Waals surface area contributed by atoms with Crippen LogP contribution in [0.3, 0.4) is 0 Å². The molecule has 2 aromatic carbocycles. The summed E-state index contributed by atoms with van der Waals surface area (Å²) < 4.78 is 20.0. The molecule has 1 heterocycles. The van der Waals surface area contributed by atoms with E-state index in [1.54, 1.807) is 31.3 Å². The van der Waals surface area contributed by atoms with Gasteiger partial charge in [-0.15, -0.1) is 0 Å². The fourth-order valence-electron chi connectivity index (χ4n) is 3.20. The lowest BCUT2D eigenvalue weighted by Crippen LogP contribution is -1.97. The molecule has 0 saturated heterocycles. The number of pyridine rings is 1. The molecule has 0 radical (unpaired) electrons. The summed E-state index contributed by atoms with van der Waals surface area (Å²) in [5, 5.41) is 9.27. The molecule has 0 aliphatic rings. The van der Waals surface area contributed by atoms with E-state index in [0.29, 0.717) is 12.2 Å². The number of hydrogen-bond donors (Lipinski definition) is 1. The molecule has 0 spiro atoms. The lowest BCUT2D eigenvalue weighted by atomic mass is 10.0. The van der Waals surface area contributed by atoms with Crippen LogP contribution in [0.2, 0.25) is 0 Å². The highest BCUT2D eigenvalue weighted by Gasteiger charge is 2.06. The smallest absolute Gasteiger partial charge is 0.131 e. The molecule has 0 aliphatic heterocycles. The van der Waals surface area contributed by atoms with Crippen molar-refractivity contribution in [3.05, 3.63) is 90.9 Å². The maximum absolute atomic E-state index is 14.5. The van der Waals surface area contributed by atoms with E-state index in [1.165, 1.54) is 6.07 Å². The van der Waals surface area contributed by atoms with Crippen molar-refractivity contribution >= 4 is 6.08 Å². The van der Waals surface area contributed by atoms with Gasteiger partial charge in [-0.1, -0.05) is 55.1 Å². The normalized spacial score (nSPS) is 12.1. The molecule has 0 amide bonds. The molecule has 3 nitrogen and oxygen atoms in total. The minimum absolute atomic E-state index is 0.273. The van der Waals surface area contributed by atoms with Crippen LogP contribution < -0.4 is 4.74 Å². The lowest BCUT2D eigenvalue weighted by molar-refractivity contribution is 0.182. The first-order chi connectivity index (χ1) is 15.1. The Hall–Kier alpha value is -3.24. The third kappa shape index (κ3) is 6.63. The van der Waals surface area contributed by atoms with E-state index in [4.69, 9.17) is 4.74 Å². The molecular weight excluding hydrogens is 389 g/mol. The van der Waals surface area contributed by atoms with E-state index in [9.17, 15) is 9.50 Å². The fraction of sp³-hybridized carbons (Fsp3) is 0.222. The van der Waals surface area contributed by atoms with Crippen LogP contribution in [0.5, 0.6) is 5.75 Å². The van der Waals surface area contributed by atoms with Gasteiger partial charge in [0.2, 0.25) is 0 Å². The van der Waals surface area contributed by atoms with Crippen LogP contribution in [0.25, 0.3) is 28.5 Å². The van der Waals surface area contributed by atoms with Crippen LogP contribution in [0, 0.1) is 5.82 Å². The van der Waals surface area contributed by atoms with Crippen LogP contribution in [0.15, 0.2) is 79.5 Å². The first-order valence-corrected chi connectivity index (χ1v) is 10.5. The number of nitrogens with zero attached hydrogens (tertiary/aromatic N) is 1. The number of aromatic nitrogens is 1. The van der Waals surface area contributed by atoms with Crippen molar-refractivity contribution in [3.63, 3.8) is 0 Å². The monoisotopic (exact) mass is 417 g/mol. The molecule has 1 unspecified atom stereocenters. The number of aliphatic hydroxyl groups is 1. The van der Waals surface area contributed by atoms with Gasteiger partial charge in [-0.25, -0.2) is 4.39 Å². The number of benzene rings is 2. The molecule has 0 fully saturated rings. The standard InChI is InChI=1S/C27H28FNO2/c1-3-17-31-25-14-11-21(12-15-25)24-13-16-27(29-19-24)23-10-9-22(26(28)18-23)8-6-4-5-7-20(2)30/h3,6,8-16,18-20,30H,1,4-5,7,17H2,2H3/b8-6+. The Bertz CT molecular complexity index is 1010. The largest absolute Gasteiger partial charge is 0.490 e. The maximum Gasteiger partial charge on any atom is 0.131 e. The molecule has 0 bridgehead atoms. The minimum atomic E-state index is -0.293. The molecule has 0 aliphatic carbocycles. The van der Waals surface area contributed by atoms with Gasteiger partial charge in [-0.3, -0.25) is 4.98 Å². The van der Waals surface area contributed by atoms with Crippen molar-refractivity contribution in [2.24, 2.45) is 0 Å². The summed E-state index contributed by atoms with van der Waals surface area (Å²) in [6.07, 6.45) is 9.40. The van der Waals surface area contributed by atoms with Gasteiger partial charge < -0.3 is 9.84 Å². The maximum atomic E-state index is 14.5. The van der Waals surface area contributed by atoms with Gasteiger partial charge in [-0.05, 0) is 56.0 Å². The molecule has 1 atom stereocenters. The average Bonchev–Trinajstić information content (AvgIpc) is 2.78. The van der Waals surface area contributed by atoms with E-state index >= 15 is 0 Å². The highest BCUT2D eigenvalue weighted by atomic mass is 19.1. The number of ether oxygens (including phenoxy) is 1. The second-order valence-corrected chi connectivity index (χ2v) is 7.47. The van der Waals surface area contributed by atoms with E-state index in [-0.39, 0.29) is 11.9 Å². The predicted molar refractivity (Wildman–Crippen MR) is 125 cm³/mol. The molecule has 3 aromatic rings. The SMILES string of the molecule is C=CCOc1ccc(-c2ccc(-c3ccc(/C=C/CCCC(C)O)c(F)c3)nc2)cc1. The summed E-state index contributed by atoms with van der Waals surface area (Å²) in [6, 6.07) is 16.8. The zero-order valence-electron chi connectivity index (χ0n) is 17.8. The van der Waals surface area contributed by atoms with Gasteiger partial charge in [0.1, 0.15) is 18.2 Å². The highest BCUT2D eigenvalue weighted by molar-refractivity contribution is 5.68. The van der Waals surface area contributed by atoms with Gasteiger partial charge in [0.05, 0.1) is 11.8 Å². The quantitative estimate of drug-likeness (QED) is 0.295. The Morgan fingerprint density at radius 1 is 1.06 bits per heavy atom. The summed E-state index contributed by atoms with van der Waals surface area (Å²) in [7, 11) is 0. The third-order valence-corrected chi connectivity index (χ3v) is 4.91. The Morgan fingerprint density at radius 2 is 1.81 bits per heavy atom. The molecule has 160 valence electrons. The molecule has 3 rings (SSSR count). The van der Waals surface area contributed by atoms with Crippen molar-refractivity contribution in [1.82, 2.24) is 4.98 Å². The van der Waals surface area contributed by atoms with Gasteiger partial charge in [0.15, 0.2) is 0 Å². The zero-order valence-corrected chi connectivity index (χ0v) is 17.8. The van der Waals surface area contributed by atoms with E-state index in [1.807, 2.05) is 48.5 Å². The first kappa shape index (κ1) is 22.4. The van der Waals surface area contributed by atoms with Gasteiger partial charge in [0, 0.05) is 22.9 Å². The number of hydrogen-bond acceptors (Lipinski definition) is 3. The number of unbranched alkanes of at least 4 members (excludes halogenated alkanes) is 1.